The van der Waals surface area contributed by atoms with Crippen molar-refractivity contribution >= 4 is 11.6 Å². The molecule has 32 heavy (non-hydrogen) atoms. The zero-order chi connectivity index (χ0) is 22.9. The summed E-state index contributed by atoms with van der Waals surface area (Å²) in [5, 5.41) is 11.3. The minimum absolute atomic E-state index is 0.133. The van der Waals surface area contributed by atoms with Crippen LogP contribution < -0.4 is 9.64 Å². The molecule has 1 heterocycles. The van der Waals surface area contributed by atoms with Crippen molar-refractivity contribution in [2.45, 2.75) is 18.3 Å². The lowest BCUT2D eigenvalue weighted by Gasteiger charge is -2.21. The molecule has 3 aromatic carbocycles. The number of carbonyl (C=O) groups excluding carboxylic acids is 1. The number of carbonyl (C=O) groups is 1. The van der Waals surface area contributed by atoms with Crippen molar-refractivity contribution in [3.63, 3.8) is 0 Å². The highest BCUT2D eigenvalue weighted by molar-refractivity contribution is 6.09. The van der Waals surface area contributed by atoms with Gasteiger partial charge in [0.05, 0.1) is 24.9 Å². The fourth-order valence-electron chi connectivity index (χ4n) is 3.64. The first-order valence-electron chi connectivity index (χ1n) is 9.70. The van der Waals surface area contributed by atoms with Gasteiger partial charge in [0.25, 0.3) is 5.91 Å². The second-order valence-corrected chi connectivity index (χ2v) is 7.27. The molecule has 0 radical (unpaired) electrons. The van der Waals surface area contributed by atoms with Crippen molar-refractivity contribution < 1.29 is 27.8 Å². The van der Waals surface area contributed by atoms with E-state index >= 15 is 0 Å². The third-order valence-electron chi connectivity index (χ3n) is 5.22. The van der Waals surface area contributed by atoms with Gasteiger partial charge >= 0.3 is 6.18 Å². The van der Waals surface area contributed by atoms with Gasteiger partial charge in [0.15, 0.2) is 0 Å². The van der Waals surface area contributed by atoms with Gasteiger partial charge in [-0.25, -0.2) is 0 Å². The highest BCUT2D eigenvalue weighted by atomic mass is 19.4. The molecule has 1 atom stereocenters. The van der Waals surface area contributed by atoms with Gasteiger partial charge in [0.1, 0.15) is 5.75 Å². The van der Waals surface area contributed by atoms with Gasteiger partial charge in [-0.3, -0.25) is 4.79 Å². The first-order chi connectivity index (χ1) is 15.2. The predicted molar refractivity (Wildman–Crippen MR) is 113 cm³/mol. The number of rotatable bonds is 3. The number of anilines is 1. The molecule has 0 saturated carbocycles. The molecule has 1 amide bonds. The minimum atomic E-state index is -4.71. The number of methoxy groups -OCH3 is 1. The summed E-state index contributed by atoms with van der Waals surface area (Å²) in [6.45, 7) is -0.133. The largest absolute Gasteiger partial charge is 0.497 e. The number of ether oxygens (including phenoxy) is 1. The van der Waals surface area contributed by atoms with Crippen LogP contribution in [0.5, 0.6) is 5.75 Å². The minimum Gasteiger partial charge on any atom is -0.497 e. The summed E-state index contributed by atoms with van der Waals surface area (Å²) < 4.78 is 46.4. The maximum absolute atomic E-state index is 13.8. The highest BCUT2D eigenvalue weighted by Crippen LogP contribution is 2.47. The zero-order valence-corrected chi connectivity index (χ0v) is 17.0. The number of fused-ring (bicyclic) bond motifs is 1. The lowest BCUT2D eigenvalue weighted by atomic mass is 9.94. The molecule has 0 aliphatic carbocycles. The van der Waals surface area contributed by atoms with Crippen LogP contribution in [-0.4, -0.2) is 18.1 Å². The summed E-state index contributed by atoms with van der Waals surface area (Å²) in [6.07, 6.45) is -4.71. The molecule has 0 bridgehead atoms. The van der Waals surface area contributed by atoms with Crippen molar-refractivity contribution in [3.05, 3.63) is 95.1 Å². The van der Waals surface area contributed by atoms with Crippen molar-refractivity contribution in [1.82, 2.24) is 0 Å². The molecule has 0 aromatic heterocycles. The number of benzene rings is 3. The fraction of sp³-hybridized carbons (Fsp3) is 0.160. The van der Waals surface area contributed by atoms with Crippen molar-refractivity contribution in [1.29, 1.82) is 0 Å². The average molecular weight is 437 g/mol. The van der Waals surface area contributed by atoms with Crippen LogP contribution in [0.3, 0.4) is 0 Å². The maximum atomic E-state index is 13.8. The summed E-state index contributed by atoms with van der Waals surface area (Å²) in [5.41, 5.74) is -2.88. The Morgan fingerprint density at radius 1 is 1.00 bits per heavy atom. The molecule has 0 spiro atoms. The predicted octanol–water partition coefficient (Wildman–Crippen LogP) is 4.50. The summed E-state index contributed by atoms with van der Waals surface area (Å²) in [6, 6.07) is 18.5. The molecule has 1 aliphatic heterocycles. The normalized spacial score (nSPS) is 17.5. The van der Waals surface area contributed by atoms with Gasteiger partial charge in [-0.05, 0) is 41.8 Å². The summed E-state index contributed by atoms with van der Waals surface area (Å²) in [4.78, 5) is 14.2. The first-order valence-corrected chi connectivity index (χ1v) is 9.70. The van der Waals surface area contributed by atoms with Crippen LogP contribution in [0.1, 0.15) is 22.3 Å². The Labute approximate surface area is 182 Å². The van der Waals surface area contributed by atoms with Gasteiger partial charge in [0, 0.05) is 11.1 Å². The fourth-order valence-corrected chi connectivity index (χ4v) is 3.64. The van der Waals surface area contributed by atoms with Gasteiger partial charge in [-0.1, -0.05) is 48.4 Å². The molecule has 0 fully saturated rings. The van der Waals surface area contributed by atoms with Crippen LogP contribution in [0, 0.1) is 11.8 Å². The molecule has 7 heteroatoms. The molecule has 4 rings (SSSR count). The van der Waals surface area contributed by atoms with Crippen molar-refractivity contribution in [3.8, 4) is 17.6 Å². The monoisotopic (exact) mass is 437 g/mol. The summed E-state index contributed by atoms with van der Waals surface area (Å²) >= 11 is 0. The first kappa shape index (κ1) is 21.5. The molecular formula is C25H18F3NO3. The molecule has 1 aliphatic rings. The van der Waals surface area contributed by atoms with Gasteiger partial charge in [0.2, 0.25) is 5.60 Å². The molecular weight excluding hydrogens is 419 g/mol. The molecule has 0 unspecified atom stereocenters. The summed E-state index contributed by atoms with van der Waals surface area (Å²) in [7, 11) is 1.51. The van der Waals surface area contributed by atoms with E-state index in [9.17, 15) is 23.1 Å². The van der Waals surface area contributed by atoms with Crippen molar-refractivity contribution in [2.24, 2.45) is 0 Å². The van der Waals surface area contributed by atoms with E-state index in [2.05, 4.69) is 11.8 Å². The lowest BCUT2D eigenvalue weighted by molar-refractivity contribution is -0.137. The Balaban J connectivity index is 1.83. The van der Waals surface area contributed by atoms with Gasteiger partial charge < -0.3 is 14.7 Å². The molecule has 162 valence electrons. The Morgan fingerprint density at radius 3 is 2.31 bits per heavy atom. The van der Waals surface area contributed by atoms with E-state index in [0.29, 0.717) is 16.9 Å². The average Bonchev–Trinajstić information content (AvgIpc) is 3.00. The van der Waals surface area contributed by atoms with Crippen LogP contribution in [-0.2, 0) is 23.1 Å². The van der Waals surface area contributed by atoms with Crippen LogP contribution in [0.25, 0.3) is 0 Å². The highest BCUT2D eigenvalue weighted by Gasteiger charge is 2.52. The quantitative estimate of drug-likeness (QED) is 0.614. The van der Waals surface area contributed by atoms with Crippen LogP contribution >= 0.6 is 0 Å². The number of hydrogen-bond donors (Lipinski definition) is 1. The van der Waals surface area contributed by atoms with E-state index in [1.807, 2.05) is 0 Å². The number of halogens is 3. The number of nitrogens with zero attached hydrogens (tertiary/aromatic N) is 1. The van der Waals surface area contributed by atoms with E-state index < -0.39 is 23.2 Å². The van der Waals surface area contributed by atoms with E-state index in [0.717, 1.165) is 11.0 Å². The number of hydrogen-bond acceptors (Lipinski definition) is 3. The molecule has 1 N–H and O–H groups in total. The van der Waals surface area contributed by atoms with Crippen molar-refractivity contribution in [2.75, 3.05) is 12.0 Å². The molecule has 3 aromatic rings. The Hall–Kier alpha value is -3.76. The second kappa shape index (κ2) is 8.06. The SMILES string of the molecule is COc1ccc(C#C[C@@]2(O)C(=O)N(Cc3ccccc3)c3c(C(F)(F)F)cccc32)cc1. The summed E-state index contributed by atoms with van der Waals surface area (Å²) in [5.74, 6) is 4.90. The third kappa shape index (κ3) is 3.81. The molecule has 0 saturated heterocycles. The van der Waals surface area contributed by atoms with Crippen LogP contribution in [0.15, 0.2) is 72.8 Å². The van der Waals surface area contributed by atoms with Crippen LogP contribution in [0.2, 0.25) is 0 Å². The van der Waals surface area contributed by atoms with Gasteiger partial charge in [-0.2, -0.15) is 13.2 Å². The lowest BCUT2D eigenvalue weighted by Crippen LogP contribution is -2.39. The number of para-hydroxylation sites is 1. The Bertz CT molecular complexity index is 1210. The second-order valence-electron chi connectivity index (χ2n) is 7.27. The maximum Gasteiger partial charge on any atom is 0.418 e. The number of alkyl halides is 3. The standard InChI is InChI=1S/C25H18F3NO3/c1-32-19-12-10-17(11-13-19)14-15-24(31)20-8-5-9-21(25(26,27)28)22(20)29(23(24)30)16-18-6-3-2-4-7-18/h2-13,31H,16H2,1H3/t24-/m0/s1. The van der Waals surface area contributed by atoms with E-state index in [1.54, 1.807) is 54.6 Å². The smallest absolute Gasteiger partial charge is 0.418 e. The molecule has 4 nitrogen and oxygen atoms in total. The van der Waals surface area contributed by atoms with E-state index in [1.165, 1.54) is 19.2 Å². The van der Waals surface area contributed by atoms with E-state index in [-0.39, 0.29) is 17.8 Å². The van der Waals surface area contributed by atoms with Crippen LogP contribution in [0.4, 0.5) is 18.9 Å². The topological polar surface area (TPSA) is 49.8 Å². The number of amides is 1. The number of aliphatic hydroxyl groups is 1. The van der Waals surface area contributed by atoms with E-state index in [4.69, 9.17) is 4.74 Å². The Morgan fingerprint density at radius 2 is 1.69 bits per heavy atom. The Kier molecular flexibility index (Phi) is 5.41. The third-order valence-corrected chi connectivity index (χ3v) is 5.22. The zero-order valence-electron chi connectivity index (χ0n) is 17.0. The van der Waals surface area contributed by atoms with Gasteiger partial charge in [-0.15, -0.1) is 0 Å².